The molecule has 1 saturated heterocycles. The van der Waals surface area contributed by atoms with E-state index >= 15 is 0 Å². The standard InChI is InChI=1S/C27H31N3O2/c1-19(2)22-13-10-20(11-14-22)12-15-25-24(26(31)32)18-28-27(29-25)30-16-6-9-23(30)17-21-7-4-3-5-8-21/h3-5,7-8,10-11,13-14,18-19,23H,6,9,12,15-17H2,1-2H3,(H,31,32)/t23-/m1/s1. The molecule has 1 atom stereocenters. The average molecular weight is 430 g/mol. The van der Waals surface area contributed by atoms with Crippen LogP contribution in [0.2, 0.25) is 0 Å². The smallest absolute Gasteiger partial charge is 0.339 e. The number of carbonyl (C=O) groups is 1. The van der Waals surface area contributed by atoms with Crippen molar-refractivity contribution in [3.05, 3.63) is 88.7 Å². The first-order chi connectivity index (χ1) is 15.5. The minimum Gasteiger partial charge on any atom is -0.478 e. The van der Waals surface area contributed by atoms with Crippen LogP contribution in [0.25, 0.3) is 0 Å². The third-order valence-corrected chi connectivity index (χ3v) is 6.33. The second-order valence-corrected chi connectivity index (χ2v) is 8.91. The number of anilines is 1. The third-order valence-electron chi connectivity index (χ3n) is 6.33. The van der Waals surface area contributed by atoms with Gasteiger partial charge in [0.15, 0.2) is 0 Å². The third kappa shape index (κ3) is 5.16. The van der Waals surface area contributed by atoms with Gasteiger partial charge in [0.25, 0.3) is 0 Å². The molecule has 1 aliphatic heterocycles. The SMILES string of the molecule is CC(C)c1ccc(CCc2nc(N3CCC[C@@H]3Cc3ccccc3)ncc2C(=O)O)cc1. The molecule has 0 spiro atoms. The molecule has 0 radical (unpaired) electrons. The second-order valence-electron chi connectivity index (χ2n) is 8.91. The minimum atomic E-state index is -0.969. The number of carboxylic acid groups (broad SMARTS) is 1. The van der Waals surface area contributed by atoms with Crippen molar-refractivity contribution in [3.8, 4) is 0 Å². The molecule has 5 heteroatoms. The number of aryl methyl sites for hydroxylation is 2. The maximum atomic E-state index is 11.8. The predicted molar refractivity (Wildman–Crippen MR) is 127 cm³/mol. The summed E-state index contributed by atoms with van der Waals surface area (Å²) in [7, 11) is 0. The summed E-state index contributed by atoms with van der Waals surface area (Å²) in [6.07, 6.45) is 5.95. The Morgan fingerprint density at radius 1 is 1.06 bits per heavy atom. The van der Waals surface area contributed by atoms with Gasteiger partial charge in [0.05, 0.1) is 11.3 Å². The minimum absolute atomic E-state index is 0.200. The van der Waals surface area contributed by atoms with E-state index in [4.69, 9.17) is 4.98 Å². The Labute approximate surface area is 190 Å². The summed E-state index contributed by atoms with van der Waals surface area (Å²) in [5.41, 5.74) is 4.61. The summed E-state index contributed by atoms with van der Waals surface area (Å²) >= 11 is 0. The van der Waals surface area contributed by atoms with Crippen molar-refractivity contribution in [3.63, 3.8) is 0 Å². The van der Waals surface area contributed by atoms with Crippen LogP contribution in [0.1, 0.15) is 65.3 Å². The van der Waals surface area contributed by atoms with Crippen LogP contribution in [-0.4, -0.2) is 33.6 Å². The van der Waals surface area contributed by atoms with Crippen LogP contribution >= 0.6 is 0 Å². The van der Waals surface area contributed by atoms with Gasteiger partial charge in [0, 0.05) is 18.8 Å². The number of rotatable bonds is 8. The monoisotopic (exact) mass is 429 g/mol. The molecule has 32 heavy (non-hydrogen) atoms. The van der Waals surface area contributed by atoms with E-state index in [0.717, 1.165) is 32.2 Å². The predicted octanol–water partition coefficient (Wildman–Crippen LogP) is 5.29. The highest BCUT2D eigenvalue weighted by Gasteiger charge is 2.28. The molecule has 1 aromatic heterocycles. The van der Waals surface area contributed by atoms with Crippen molar-refractivity contribution in [2.75, 3.05) is 11.4 Å². The second kappa shape index (κ2) is 9.94. The fourth-order valence-electron chi connectivity index (χ4n) is 4.44. The number of hydrogen-bond donors (Lipinski definition) is 1. The van der Waals surface area contributed by atoms with Gasteiger partial charge in [-0.25, -0.2) is 14.8 Å². The Morgan fingerprint density at radius 3 is 2.50 bits per heavy atom. The first-order valence-electron chi connectivity index (χ1n) is 11.5. The van der Waals surface area contributed by atoms with E-state index in [1.165, 1.54) is 22.9 Å². The summed E-state index contributed by atoms with van der Waals surface area (Å²) < 4.78 is 0. The van der Waals surface area contributed by atoms with E-state index in [-0.39, 0.29) is 5.56 Å². The largest absolute Gasteiger partial charge is 0.478 e. The van der Waals surface area contributed by atoms with Crippen molar-refractivity contribution in [2.45, 2.75) is 57.9 Å². The van der Waals surface area contributed by atoms with E-state index in [0.29, 0.717) is 30.0 Å². The van der Waals surface area contributed by atoms with Gasteiger partial charge >= 0.3 is 5.97 Å². The normalized spacial score (nSPS) is 16.0. The molecule has 5 nitrogen and oxygen atoms in total. The molecule has 2 heterocycles. The zero-order valence-electron chi connectivity index (χ0n) is 18.9. The highest BCUT2D eigenvalue weighted by Crippen LogP contribution is 2.26. The van der Waals surface area contributed by atoms with Crippen LogP contribution in [0, 0.1) is 0 Å². The molecule has 2 aromatic carbocycles. The lowest BCUT2D eigenvalue weighted by molar-refractivity contribution is 0.0694. The Bertz CT molecular complexity index is 1050. The lowest BCUT2D eigenvalue weighted by Gasteiger charge is -2.25. The Kier molecular flexibility index (Phi) is 6.84. The molecule has 0 bridgehead atoms. The van der Waals surface area contributed by atoms with Crippen LogP contribution in [0.5, 0.6) is 0 Å². The molecule has 166 valence electrons. The summed E-state index contributed by atoms with van der Waals surface area (Å²) in [6.45, 7) is 5.26. The quantitative estimate of drug-likeness (QED) is 0.527. The molecule has 3 aromatic rings. The fraction of sp³-hybridized carbons (Fsp3) is 0.370. The number of carboxylic acids is 1. The summed E-state index contributed by atoms with van der Waals surface area (Å²) in [4.78, 5) is 23.3. The number of nitrogens with zero attached hydrogens (tertiary/aromatic N) is 3. The topological polar surface area (TPSA) is 66.3 Å². The molecular formula is C27H31N3O2. The van der Waals surface area contributed by atoms with Gasteiger partial charge in [-0.15, -0.1) is 0 Å². The van der Waals surface area contributed by atoms with Crippen molar-refractivity contribution in [1.29, 1.82) is 0 Å². The van der Waals surface area contributed by atoms with E-state index in [2.05, 4.69) is 72.3 Å². The molecule has 0 saturated carbocycles. The molecule has 1 aliphatic rings. The Morgan fingerprint density at radius 2 is 1.81 bits per heavy atom. The molecular weight excluding hydrogens is 398 g/mol. The maximum Gasteiger partial charge on any atom is 0.339 e. The van der Waals surface area contributed by atoms with E-state index in [1.54, 1.807) is 0 Å². The Balaban J connectivity index is 1.52. The molecule has 1 N–H and O–H groups in total. The highest BCUT2D eigenvalue weighted by molar-refractivity contribution is 5.88. The molecule has 0 aliphatic carbocycles. The highest BCUT2D eigenvalue weighted by atomic mass is 16.4. The molecule has 4 rings (SSSR count). The summed E-state index contributed by atoms with van der Waals surface area (Å²) in [5.74, 6) is 0.180. The molecule has 0 amide bonds. The zero-order valence-corrected chi connectivity index (χ0v) is 18.9. The van der Waals surface area contributed by atoms with E-state index in [9.17, 15) is 9.90 Å². The van der Waals surface area contributed by atoms with Gasteiger partial charge in [-0.1, -0.05) is 68.4 Å². The van der Waals surface area contributed by atoms with E-state index < -0.39 is 5.97 Å². The van der Waals surface area contributed by atoms with Crippen molar-refractivity contribution < 1.29 is 9.90 Å². The Hall–Kier alpha value is -3.21. The van der Waals surface area contributed by atoms with Crippen LogP contribution in [-0.2, 0) is 19.3 Å². The van der Waals surface area contributed by atoms with Crippen molar-refractivity contribution in [2.24, 2.45) is 0 Å². The van der Waals surface area contributed by atoms with Gasteiger partial charge in [-0.2, -0.15) is 0 Å². The lowest BCUT2D eigenvalue weighted by atomic mass is 9.99. The van der Waals surface area contributed by atoms with E-state index in [1.807, 2.05) is 6.07 Å². The van der Waals surface area contributed by atoms with Gasteiger partial charge in [0.2, 0.25) is 5.95 Å². The van der Waals surface area contributed by atoms with Crippen LogP contribution in [0.4, 0.5) is 5.95 Å². The fourth-order valence-corrected chi connectivity index (χ4v) is 4.44. The number of hydrogen-bond acceptors (Lipinski definition) is 4. The molecule has 0 unspecified atom stereocenters. The maximum absolute atomic E-state index is 11.8. The summed E-state index contributed by atoms with van der Waals surface area (Å²) in [6, 6.07) is 19.4. The first-order valence-corrected chi connectivity index (χ1v) is 11.5. The lowest BCUT2D eigenvalue weighted by Crippen LogP contribution is -2.33. The first kappa shape index (κ1) is 22.0. The molecule has 1 fully saturated rings. The van der Waals surface area contributed by atoms with Crippen molar-refractivity contribution >= 4 is 11.9 Å². The number of aromatic carboxylic acids is 1. The number of aromatic nitrogens is 2. The van der Waals surface area contributed by atoms with Crippen LogP contribution in [0.15, 0.2) is 60.8 Å². The van der Waals surface area contributed by atoms with Crippen molar-refractivity contribution in [1.82, 2.24) is 9.97 Å². The van der Waals surface area contributed by atoms with Crippen LogP contribution < -0.4 is 4.90 Å². The average Bonchev–Trinajstić information content (AvgIpc) is 3.26. The van der Waals surface area contributed by atoms with Gasteiger partial charge in [0.1, 0.15) is 0 Å². The van der Waals surface area contributed by atoms with Gasteiger partial charge in [-0.3, -0.25) is 0 Å². The summed E-state index contributed by atoms with van der Waals surface area (Å²) in [5, 5.41) is 9.67. The van der Waals surface area contributed by atoms with Crippen LogP contribution in [0.3, 0.4) is 0 Å². The zero-order chi connectivity index (χ0) is 22.5. The van der Waals surface area contributed by atoms with Gasteiger partial charge in [-0.05, 0) is 54.7 Å². The van der Waals surface area contributed by atoms with Gasteiger partial charge < -0.3 is 10.0 Å². The number of benzene rings is 2.